The summed E-state index contributed by atoms with van der Waals surface area (Å²) >= 11 is 0. The maximum atomic E-state index is 11.0. The molecule has 0 spiro atoms. The van der Waals surface area contributed by atoms with Gasteiger partial charge in [-0.15, -0.1) is 0 Å². The number of ether oxygens (including phenoxy) is 3. The van der Waals surface area contributed by atoms with Crippen molar-refractivity contribution in [2.75, 3.05) is 13.4 Å². The molecule has 4 heteroatoms. The Labute approximate surface area is 107 Å². The number of hydrogen-bond donors (Lipinski definition) is 0. The Morgan fingerprint density at radius 1 is 1.22 bits per heavy atom. The highest BCUT2D eigenvalue weighted by Crippen LogP contribution is 2.37. The van der Waals surface area contributed by atoms with Crippen LogP contribution in [-0.4, -0.2) is 19.7 Å². The van der Waals surface area contributed by atoms with Crippen molar-refractivity contribution in [2.45, 2.75) is 32.6 Å². The van der Waals surface area contributed by atoms with E-state index in [0.29, 0.717) is 29.4 Å². The van der Waals surface area contributed by atoms with Crippen molar-refractivity contribution in [3.8, 4) is 17.2 Å². The molecule has 0 saturated carbocycles. The quantitative estimate of drug-likeness (QED) is 0.550. The zero-order valence-corrected chi connectivity index (χ0v) is 10.6. The molecule has 2 rings (SSSR count). The van der Waals surface area contributed by atoms with Gasteiger partial charge < -0.3 is 14.2 Å². The van der Waals surface area contributed by atoms with Gasteiger partial charge in [0.15, 0.2) is 17.8 Å². The number of aldehydes is 1. The summed E-state index contributed by atoms with van der Waals surface area (Å²) in [5.74, 6) is 1.82. The van der Waals surface area contributed by atoms with E-state index in [1.54, 1.807) is 12.1 Å². The van der Waals surface area contributed by atoms with Crippen LogP contribution in [0.4, 0.5) is 0 Å². The Hall–Kier alpha value is -1.71. The largest absolute Gasteiger partial charge is 0.493 e. The minimum Gasteiger partial charge on any atom is -0.493 e. The molecule has 18 heavy (non-hydrogen) atoms. The minimum absolute atomic E-state index is 0.202. The fourth-order valence-electron chi connectivity index (χ4n) is 1.87. The fourth-order valence-corrected chi connectivity index (χ4v) is 1.87. The molecule has 0 aliphatic carbocycles. The van der Waals surface area contributed by atoms with E-state index in [9.17, 15) is 4.79 Å². The molecule has 0 bridgehead atoms. The predicted octanol–water partition coefficient (Wildman–Crippen LogP) is 3.19. The lowest BCUT2D eigenvalue weighted by atomic mass is 10.2. The van der Waals surface area contributed by atoms with E-state index < -0.39 is 0 Å². The second-order valence-electron chi connectivity index (χ2n) is 4.27. The number of benzene rings is 1. The van der Waals surface area contributed by atoms with Crippen molar-refractivity contribution in [1.29, 1.82) is 0 Å². The van der Waals surface area contributed by atoms with E-state index >= 15 is 0 Å². The highest BCUT2D eigenvalue weighted by Gasteiger charge is 2.17. The SMILES string of the molecule is CCCCCCOc1cc2c(cc1C=O)OCO2. The number of fused-ring (bicyclic) bond motifs is 1. The molecule has 1 aromatic rings. The Balaban J connectivity index is 1.96. The molecule has 0 radical (unpaired) electrons. The van der Waals surface area contributed by atoms with Gasteiger partial charge in [0.1, 0.15) is 5.75 Å². The lowest BCUT2D eigenvalue weighted by Crippen LogP contribution is -2.00. The van der Waals surface area contributed by atoms with E-state index in [2.05, 4.69) is 6.92 Å². The molecule has 0 N–H and O–H groups in total. The topological polar surface area (TPSA) is 44.8 Å². The summed E-state index contributed by atoms with van der Waals surface area (Å²) in [5, 5.41) is 0. The first-order valence-corrected chi connectivity index (χ1v) is 6.36. The summed E-state index contributed by atoms with van der Waals surface area (Å²) in [6, 6.07) is 3.39. The lowest BCUT2D eigenvalue weighted by Gasteiger charge is -2.09. The van der Waals surface area contributed by atoms with Crippen molar-refractivity contribution in [2.24, 2.45) is 0 Å². The van der Waals surface area contributed by atoms with Crippen LogP contribution in [0, 0.1) is 0 Å². The zero-order chi connectivity index (χ0) is 12.8. The summed E-state index contributed by atoms with van der Waals surface area (Å²) < 4.78 is 16.1. The van der Waals surface area contributed by atoms with Crippen molar-refractivity contribution in [3.63, 3.8) is 0 Å². The van der Waals surface area contributed by atoms with Crippen LogP contribution in [0.2, 0.25) is 0 Å². The molecule has 1 aromatic carbocycles. The number of carbonyl (C=O) groups is 1. The van der Waals surface area contributed by atoms with Crippen LogP contribution in [0.3, 0.4) is 0 Å². The molecule has 0 fully saturated rings. The van der Waals surface area contributed by atoms with Crippen LogP contribution < -0.4 is 14.2 Å². The minimum atomic E-state index is 0.202. The number of unbranched alkanes of at least 4 members (excludes halogenated alkanes) is 3. The van der Waals surface area contributed by atoms with Crippen LogP contribution in [0.1, 0.15) is 43.0 Å². The molecule has 98 valence electrons. The maximum Gasteiger partial charge on any atom is 0.231 e. The average Bonchev–Trinajstić information content (AvgIpc) is 2.84. The van der Waals surface area contributed by atoms with Gasteiger partial charge in [0, 0.05) is 6.07 Å². The van der Waals surface area contributed by atoms with Gasteiger partial charge in [-0.1, -0.05) is 26.2 Å². The highest BCUT2D eigenvalue weighted by molar-refractivity contribution is 5.81. The molecule has 0 aromatic heterocycles. The zero-order valence-electron chi connectivity index (χ0n) is 10.6. The van der Waals surface area contributed by atoms with Gasteiger partial charge >= 0.3 is 0 Å². The molecule has 0 saturated heterocycles. The third-order valence-corrected chi connectivity index (χ3v) is 2.89. The molecular weight excluding hydrogens is 232 g/mol. The smallest absolute Gasteiger partial charge is 0.231 e. The molecule has 1 aliphatic rings. The third kappa shape index (κ3) is 2.94. The third-order valence-electron chi connectivity index (χ3n) is 2.89. The van der Waals surface area contributed by atoms with E-state index in [4.69, 9.17) is 14.2 Å². The fraction of sp³-hybridized carbons (Fsp3) is 0.500. The Bertz CT molecular complexity index is 415. The molecule has 0 unspecified atom stereocenters. The van der Waals surface area contributed by atoms with E-state index in [1.165, 1.54) is 12.8 Å². The molecule has 0 atom stereocenters. The van der Waals surface area contributed by atoms with Gasteiger partial charge in [-0.05, 0) is 12.5 Å². The Morgan fingerprint density at radius 3 is 2.72 bits per heavy atom. The van der Waals surface area contributed by atoms with Crippen molar-refractivity contribution < 1.29 is 19.0 Å². The van der Waals surface area contributed by atoms with Crippen molar-refractivity contribution in [1.82, 2.24) is 0 Å². The second kappa shape index (κ2) is 6.28. The van der Waals surface area contributed by atoms with Crippen LogP contribution in [0.15, 0.2) is 12.1 Å². The molecule has 1 aliphatic heterocycles. The monoisotopic (exact) mass is 250 g/mol. The van der Waals surface area contributed by atoms with E-state index in [1.807, 2.05) is 0 Å². The summed E-state index contributed by atoms with van der Waals surface area (Å²) in [6.45, 7) is 3.00. The molecular formula is C14H18O4. The van der Waals surface area contributed by atoms with Crippen molar-refractivity contribution >= 4 is 6.29 Å². The number of rotatable bonds is 7. The number of carbonyl (C=O) groups excluding carboxylic acids is 1. The van der Waals surface area contributed by atoms with Gasteiger partial charge in [-0.3, -0.25) is 4.79 Å². The van der Waals surface area contributed by atoms with E-state index in [-0.39, 0.29) is 6.79 Å². The molecule has 1 heterocycles. The van der Waals surface area contributed by atoms with Crippen LogP contribution in [0.5, 0.6) is 17.2 Å². The first-order chi connectivity index (χ1) is 8.85. The van der Waals surface area contributed by atoms with Crippen molar-refractivity contribution in [3.05, 3.63) is 17.7 Å². The number of hydrogen-bond acceptors (Lipinski definition) is 4. The first-order valence-electron chi connectivity index (χ1n) is 6.36. The summed E-state index contributed by atoms with van der Waals surface area (Å²) in [4.78, 5) is 11.0. The van der Waals surface area contributed by atoms with E-state index in [0.717, 1.165) is 19.1 Å². The Kier molecular flexibility index (Phi) is 4.45. The normalized spacial score (nSPS) is 12.5. The van der Waals surface area contributed by atoms with Gasteiger partial charge in [0.2, 0.25) is 6.79 Å². The first kappa shape index (κ1) is 12.7. The predicted molar refractivity (Wildman–Crippen MR) is 67.6 cm³/mol. The van der Waals surface area contributed by atoms with Gasteiger partial charge in [0.05, 0.1) is 12.2 Å². The van der Waals surface area contributed by atoms with Crippen LogP contribution in [0.25, 0.3) is 0 Å². The standard InChI is InChI=1S/C14H18O4/c1-2-3-4-5-6-16-12-8-14-13(17-10-18-14)7-11(12)9-15/h7-9H,2-6,10H2,1H3. The Morgan fingerprint density at radius 2 is 2.00 bits per heavy atom. The molecule has 4 nitrogen and oxygen atoms in total. The molecule has 0 amide bonds. The second-order valence-corrected chi connectivity index (χ2v) is 4.27. The van der Waals surface area contributed by atoms with Crippen LogP contribution in [-0.2, 0) is 0 Å². The maximum absolute atomic E-state index is 11.0. The lowest BCUT2D eigenvalue weighted by molar-refractivity contribution is 0.111. The van der Waals surface area contributed by atoms with Gasteiger partial charge in [0.25, 0.3) is 0 Å². The highest BCUT2D eigenvalue weighted by atomic mass is 16.7. The van der Waals surface area contributed by atoms with Gasteiger partial charge in [-0.2, -0.15) is 0 Å². The van der Waals surface area contributed by atoms with Gasteiger partial charge in [-0.25, -0.2) is 0 Å². The van der Waals surface area contributed by atoms with Crippen LogP contribution >= 0.6 is 0 Å². The summed E-state index contributed by atoms with van der Waals surface area (Å²) in [5.41, 5.74) is 0.509. The summed E-state index contributed by atoms with van der Waals surface area (Å²) in [6.07, 6.45) is 5.34. The average molecular weight is 250 g/mol. The summed E-state index contributed by atoms with van der Waals surface area (Å²) in [7, 11) is 0.